The number of nitrogens with two attached hydrogens (primary N) is 1. The largest absolute Gasteiger partial charge is 0.399 e. The van der Waals surface area contributed by atoms with Crippen molar-refractivity contribution >= 4 is 22.5 Å². The van der Waals surface area contributed by atoms with E-state index >= 15 is 0 Å². The summed E-state index contributed by atoms with van der Waals surface area (Å²) in [6.45, 7) is 4.01. The fourth-order valence-corrected chi connectivity index (χ4v) is 2.51. The van der Waals surface area contributed by atoms with Gasteiger partial charge in [-0.25, -0.2) is 9.48 Å². The predicted molar refractivity (Wildman–Crippen MR) is 83.9 cm³/mol. The summed E-state index contributed by atoms with van der Waals surface area (Å²) in [6, 6.07) is 5.28. The molecule has 0 aliphatic rings. The summed E-state index contributed by atoms with van der Waals surface area (Å²) in [5.41, 5.74) is 8.53. The van der Waals surface area contributed by atoms with Crippen LogP contribution in [-0.4, -0.2) is 25.2 Å². The van der Waals surface area contributed by atoms with Gasteiger partial charge in [0, 0.05) is 35.4 Å². The molecule has 3 aromatic rings. The Balaban J connectivity index is 1.83. The van der Waals surface area contributed by atoms with E-state index in [9.17, 15) is 9.59 Å². The number of aromatic amines is 1. The Morgan fingerprint density at radius 1 is 1.36 bits per heavy atom. The monoisotopic (exact) mass is 299 g/mol. The van der Waals surface area contributed by atoms with Crippen molar-refractivity contribution in [2.75, 3.05) is 5.73 Å². The molecule has 0 spiro atoms. The van der Waals surface area contributed by atoms with Crippen molar-refractivity contribution in [3.63, 3.8) is 0 Å². The van der Waals surface area contributed by atoms with E-state index in [1.54, 1.807) is 29.0 Å². The SMILES string of the molecule is Cc1[nH]c(=O)n(CCC(=O)n2ncc3cc(N)ccc32)c1C. The third-order valence-corrected chi connectivity index (χ3v) is 3.86. The molecule has 3 N–H and O–H groups in total. The molecule has 2 aromatic heterocycles. The minimum Gasteiger partial charge on any atom is -0.399 e. The number of carbonyl (C=O) groups is 1. The molecule has 0 unspecified atom stereocenters. The number of anilines is 1. The maximum absolute atomic E-state index is 12.4. The molecular formula is C15H17N5O2. The van der Waals surface area contributed by atoms with Gasteiger partial charge in [-0.2, -0.15) is 5.10 Å². The molecule has 3 rings (SSSR count). The van der Waals surface area contributed by atoms with Gasteiger partial charge < -0.3 is 10.7 Å². The number of carbonyl (C=O) groups excluding carboxylic acids is 1. The topological polar surface area (TPSA) is 98.7 Å². The highest BCUT2D eigenvalue weighted by atomic mass is 16.2. The van der Waals surface area contributed by atoms with E-state index in [2.05, 4.69) is 10.1 Å². The fourth-order valence-electron chi connectivity index (χ4n) is 2.51. The summed E-state index contributed by atoms with van der Waals surface area (Å²) in [4.78, 5) is 26.9. The molecule has 0 aliphatic heterocycles. The Bertz CT molecular complexity index is 916. The summed E-state index contributed by atoms with van der Waals surface area (Å²) in [7, 11) is 0. The van der Waals surface area contributed by atoms with Crippen LogP contribution in [0.2, 0.25) is 0 Å². The smallest absolute Gasteiger partial charge is 0.325 e. The van der Waals surface area contributed by atoms with Crippen LogP contribution in [0.5, 0.6) is 0 Å². The highest BCUT2D eigenvalue weighted by molar-refractivity contribution is 5.91. The van der Waals surface area contributed by atoms with E-state index in [1.165, 1.54) is 4.68 Å². The molecule has 0 aliphatic carbocycles. The standard InChI is InChI=1S/C15H17N5O2/c1-9-10(2)19(15(22)18-9)6-5-14(21)20-13-4-3-12(16)7-11(13)8-17-20/h3-4,7-8H,5-6,16H2,1-2H3,(H,18,22). The molecular weight excluding hydrogens is 282 g/mol. The molecule has 7 heteroatoms. The molecule has 1 aromatic carbocycles. The molecule has 114 valence electrons. The van der Waals surface area contributed by atoms with Crippen molar-refractivity contribution < 1.29 is 4.79 Å². The van der Waals surface area contributed by atoms with E-state index in [1.807, 2.05) is 13.8 Å². The van der Waals surface area contributed by atoms with Gasteiger partial charge in [-0.3, -0.25) is 9.36 Å². The van der Waals surface area contributed by atoms with Gasteiger partial charge in [0.15, 0.2) is 0 Å². The molecule has 22 heavy (non-hydrogen) atoms. The molecule has 0 saturated heterocycles. The van der Waals surface area contributed by atoms with Crippen LogP contribution in [0.3, 0.4) is 0 Å². The maximum Gasteiger partial charge on any atom is 0.325 e. The van der Waals surface area contributed by atoms with Crippen molar-refractivity contribution in [3.8, 4) is 0 Å². The van der Waals surface area contributed by atoms with Crippen molar-refractivity contribution in [3.05, 3.63) is 46.3 Å². The van der Waals surface area contributed by atoms with Gasteiger partial charge in [-0.1, -0.05) is 0 Å². The Kier molecular flexibility index (Phi) is 3.32. The number of nitrogen functional groups attached to an aromatic ring is 1. The lowest BCUT2D eigenvalue weighted by atomic mass is 10.2. The quantitative estimate of drug-likeness (QED) is 0.715. The number of hydrogen-bond acceptors (Lipinski definition) is 4. The molecule has 7 nitrogen and oxygen atoms in total. The number of imidazole rings is 1. The lowest BCUT2D eigenvalue weighted by Gasteiger charge is -2.05. The molecule has 0 amide bonds. The van der Waals surface area contributed by atoms with Crippen LogP contribution in [0.4, 0.5) is 5.69 Å². The van der Waals surface area contributed by atoms with Gasteiger partial charge in [0.05, 0.1) is 11.7 Å². The lowest BCUT2D eigenvalue weighted by molar-refractivity contribution is 0.0886. The zero-order valence-corrected chi connectivity index (χ0v) is 12.5. The van der Waals surface area contributed by atoms with Crippen LogP contribution in [0.25, 0.3) is 10.9 Å². The zero-order chi connectivity index (χ0) is 15.9. The second-order valence-corrected chi connectivity index (χ2v) is 5.31. The minimum absolute atomic E-state index is 0.162. The van der Waals surface area contributed by atoms with Crippen LogP contribution < -0.4 is 11.4 Å². The summed E-state index contributed by atoms with van der Waals surface area (Å²) in [5, 5.41) is 4.93. The Morgan fingerprint density at radius 3 is 2.82 bits per heavy atom. The molecule has 0 fully saturated rings. The number of aromatic nitrogens is 4. The van der Waals surface area contributed by atoms with Crippen molar-refractivity contribution in [1.82, 2.24) is 19.3 Å². The third-order valence-electron chi connectivity index (χ3n) is 3.86. The average molecular weight is 299 g/mol. The maximum atomic E-state index is 12.4. The van der Waals surface area contributed by atoms with Crippen molar-refractivity contribution in [2.45, 2.75) is 26.8 Å². The van der Waals surface area contributed by atoms with E-state index in [4.69, 9.17) is 5.73 Å². The number of aryl methyl sites for hydroxylation is 1. The van der Waals surface area contributed by atoms with E-state index in [0.717, 1.165) is 16.8 Å². The number of nitrogens with zero attached hydrogens (tertiary/aromatic N) is 3. The summed E-state index contributed by atoms with van der Waals surface area (Å²) >= 11 is 0. The van der Waals surface area contributed by atoms with Crippen molar-refractivity contribution in [2.24, 2.45) is 0 Å². The van der Waals surface area contributed by atoms with Crippen LogP contribution in [-0.2, 0) is 6.54 Å². The van der Waals surface area contributed by atoms with Gasteiger partial charge in [0.2, 0.25) is 5.91 Å². The summed E-state index contributed by atoms with van der Waals surface area (Å²) < 4.78 is 2.92. The Hall–Kier alpha value is -2.83. The fraction of sp³-hybridized carbons (Fsp3) is 0.267. The Labute approximate surface area is 126 Å². The molecule has 0 radical (unpaired) electrons. The van der Waals surface area contributed by atoms with Crippen LogP contribution in [0, 0.1) is 13.8 Å². The predicted octanol–water partition coefficient (Wildman–Crippen LogP) is 1.46. The van der Waals surface area contributed by atoms with E-state index in [0.29, 0.717) is 17.7 Å². The number of H-pyrrole nitrogens is 1. The second-order valence-electron chi connectivity index (χ2n) is 5.31. The van der Waals surface area contributed by atoms with Crippen LogP contribution in [0.1, 0.15) is 22.6 Å². The molecule has 0 bridgehead atoms. The van der Waals surface area contributed by atoms with Gasteiger partial charge >= 0.3 is 5.69 Å². The third kappa shape index (κ3) is 2.30. The van der Waals surface area contributed by atoms with Crippen LogP contribution >= 0.6 is 0 Å². The average Bonchev–Trinajstić information content (AvgIpc) is 2.99. The first kappa shape index (κ1) is 14.1. The zero-order valence-electron chi connectivity index (χ0n) is 12.5. The number of hydrogen-bond donors (Lipinski definition) is 2. The van der Waals surface area contributed by atoms with Gasteiger partial charge in [0.1, 0.15) is 0 Å². The highest BCUT2D eigenvalue weighted by Gasteiger charge is 2.13. The summed E-state index contributed by atoms with van der Waals surface area (Å²) in [5.74, 6) is -0.162. The minimum atomic E-state index is -0.194. The molecule has 0 atom stereocenters. The number of nitrogens with one attached hydrogen (secondary N) is 1. The molecule has 2 heterocycles. The first-order valence-electron chi connectivity index (χ1n) is 7.00. The summed E-state index contributed by atoms with van der Waals surface area (Å²) in [6.07, 6.45) is 1.81. The number of rotatable bonds is 3. The number of benzene rings is 1. The Morgan fingerprint density at radius 2 is 2.14 bits per heavy atom. The van der Waals surface area contributed by atoms with Gasteiger partial charge in [-0.15, -0.1) is 0 Å². The lowest BCUT2D eigenvalue weighted by Crippen LogP contribution is -2.22. The van der Waals surface area contributed by atoms with Gasteiger partial charge in [0.25, 0.3) is 0 Å². The van der Waals surface area contributed by atoms with Crippen molar-refractivity contribution in [1.29, 1.82) is 0 Å². The normalized spacial score (nSPS) is 11.2. The van der Waals surface area contributed by atoms with E-state index < -0.39 is 0 Å². The first-order chi connectivity index (χ1) is 10.5. The number of fused-ring (bicyclic) bond motifs is 1. The van der Waals surface area contributed by atoms with E-state index in [-0.39, 0.29) is 18.0 Å². The molecule has 0 saturated carbocycles. The first-order valence-corrected chi connectivity index (χ1v) is 7.00. The van der Waals surface area contributed by atoms with Gasteiger partial charge in [-0.05, 0) is 32.0 Å². The second kappa shape index (κ2) is 5.18. The highest BCUT2D eigenvalue weighted by Crippen LogP contribution is 2.17. The van der Waals surface area contributed by atoms with Crippen LogP contribution in [0.15, 0.2) is 29.2 Å².